The van der Waals surface area contributed by atoms with Crippen molar-refractivity contribution in [1.29, 1.82) is 0 Å². The minimum absolute atomic E-state index is 0.523. The molecule has 1 heterocycles. The second kappa shape index (κ2) is 5.59. The maximum Gasteiger partial charge on any atom is 0.149 e. The molecule has 1 saturated carbocycles. The Bertz CT molecular complexity index is 401. The van der Waals surface area contributed by atoms with E-state index in [1.807, 2.05) is 19.2 Å². The quantitative estimate of drug-likeness (QED) is 0.858. The molecule has 2 atom stereocenters. The van der Waals surface area contributed by atoms with Gasteiger partial charge in [0.25, 0.3) is 0 Å². The number of nitrogens with two attached hydrogens (primary N) is 1. The Morgan fingerprint density at radius 3 is 2.78 bits per heavy atom. The Morgan fingerprint density at radius 2 is 2.06 bits per heavy atom. The lowest BCUT2D eigenvalue weighted by molar-refractivity contribution is 0.253. The molecule has 0 spiro atoms. The standard InChI is InChI=1S/C15H25N3/c1-10(2)12-6-4-5-7-13(12)18-15-14(16)11(3)8-9-17-15/h8-10,12-13H,4-7,16H2,1-3H3,(H,17,18). The van der Waals surface area contributed by atoms with Gasteiger partial charge < -0.3 is 11.1 Å². The van der Waals surface area contributed by atoms with Crippen molar-refractivity contribution in [1.82, 2.24) is 4.98 Å². The summed E-state index contributed by atoms with van der Waals surface area (Å²) >= 11 is 0. The van der Waals surface area contributed by atoms with E-state index in [9.17, 15) is 0 Å². The molecule has 1 aliphatic rings. The second-order valence-electron chi connectivity index (χ2n) is 5.83. The minimum atomic E-state index is 0.523. The van der Waals surface area contributed by atoms with Crippen molar-refractivity contribution in [3.05, 3.63) is 17.8 Å². The van der Waals surface area contributed by atoms with Gasteiger partial charge in [-0.3, -0.25) is 0 Å². The van der Waals surface area contributed by atoms with Crippen LogP contribution in [0.5, 0.6) is 0 Å². The lowest BCUT2D eigenvalue weighted by atomic mass is 9.78. The van der Waals surface area contributed by atoms with Crippen molar-refractivity contribution in [2.75, 3.05) is 11.1 Å². The Balaban J connectivity index is 2.13. The molecule has 100 valence electrons. The second-order valence-corrected chi connectivity index (χ2v) is 5.83. The number of anilines is 2. The zero-order chi connectivity index (χ0) is 13.1. The molecule has 18 heavy (non-hydrogen) atoms. The van der Waals surface area contributed by atoms with E-state index >= 15 is 0 Å². The van der Waals surface area contributed by atoms with Gasteiger partial charge in [-0.05, 0) is 43.2 Å². The molecule has 0 aromatic carbocycles. The van der Waals surface area contributed by atoms with Gasteiger partial charge in [0.1, 0.15) is 5.82 Å². The fourth-order valence-corrected chi connectivity index (χ4v) is 3.00. The zero-order valence-electron chi connectivity index (χ0n) is 11.7. The minimum Gasteiger partial charge on any atom is -0.396 e. The molecule has 3 heteroatoms. The summed E-state index contributed by atoms with van der Waals surface area (Å²) < 4.78 is 0. The Hall–Kier alpha value is -1.25. The van der Waals surface area contributed by atoms with Crippen molar-refractivity contribution in [2.24, 2.45) is 11.8 Å². The molecule has 0 amide bonds. The number of hydrogen-bond donors (Lipinski definition) is 2. The van der Waals surface area contributed by atoms with Crippen LogP contribution in [0, 0.1) is 18.8 Å². The molecule has 1 aromatic rings. The molecule has 0 saturated heterocycles. The topological polar surface area (TPSA) is 50.9 Å². The van der Waals surface area contributed by atoms with Gasteiger partial charge in [0.15, 0.2) is 0 Å². The summed E-state index contributed by atoms with van der Waals surface area (Å²) in [4.78, 5) is 4.39. The van der Waals surface area contributed by atoms with Gasteiger partial charge in [0.2, 0.25) is 0 Å². The molecule has 0 bridgehead atoms. The third-order valence-electron chi connectivity index (χ3n) is 4.21. The smallest absolute Gasteiger partial charge is 0.149 e. The molecule has 0 aliphatic heterocycles. The van der Waals surface area contributed by atoms with E-state index < -0.39 is 0 Å². The lowest BCUT2D eigenvalue weighted by Crippen LogP contribution is -2.35. The molecule has 2 unspecified atom stereocenters. The van der Waals surface area contributed by atoms with Crippen molar-refractivity contribution in [3.63, 3.8) is 0 Å². The van der Waals surface area contributed by atoms with Crippen LogP contribution < -0.4 is 11.1 Å². The fourth-order valence-electron chi connectivity index (χ4n) is 3.00. The Morgan fingerprint density at radius 1 is 1.33 bits per heavy atom. The normalized spacial score (nSPS) is 24.2. The van der Waals surface area contributed by atoms with Crippen LogP contribution in [-0.4, -0.2) is 11.0 Å². The van der Waals surface area contributed by atoms with Crippen LogP contribution >= 0.6 is 0 Å². The van der Waals surface area contributed by atoms with Crippen LogP contribution in [0.3, 0.4) is 0 Å². The van der Waals surface area contributed by atoms with Gasteiger partial charge in [0.05, 0.1) is 5.69 Å². The van der Waals surface area contributed by atoms with Crippen LogP contribution in [0.2, 0.25) is 0 Å². The first-order valence-corrected chi connectivity index (χ1v) is 7.07. The monoisotopic (exact) mass is 247 g/mol. The van der Waals surface area contributed by atoms with Crippen molar-refractivity contribution in [2.45, 2.75) is 52.5 Å². The highest BCUT2D eigenvalue weighted by molar-refractivity contribution is 5.65. The summed E-state index contributed by atoms with van der Waals surface area (Å²) in [6.07, 6.45) is 7.06. The van der Waals surface area contributed by atoms with Crippen molar-refractivity contribution >= 4 is 11.5 Å². The summed E-state index contributed by atoms with van der Waals surface area (Å²) in [5.41, 5.74) is 7.99. The van der Waals surface area contributed by atoms with E-state index in [1.165, 1.54) is 25.7 Å². The summed E-state index contributed by atoms with van der Waals surface area (Å²) in [6.45, 7) is 6.67. The molecular formula is C15H25N3. The number of nitrogens with one attached hydrogen (secondary N) is 1. The third-order valence-corrected chi connectivity index (χ3v) is 4.21. The summed E-state index contributed by atoms with van der Waals surface area (Å²) in [7, 11) is 0. The number of rotatable bonds is 3. The number of hydrogen-bond acceptors (Lipinski definition) is 3. The first-order chi connectivity index (χ1) is 8.59. The Kier molecular flexibility index (Phi) is 4.10. The average molecular weight is 247 g/mol. The predicted octanol–water partition coefficient (Wildman–Crippen LogP) is 3.60. The predicted molar refractivity (Wildman–Crippen MR) is 77.6 cm³/mol. The van der Waals surface area contributed by atoms with Crippen LogP contribution in [-0.2, 0) is 0 Å². The maximum absolute atomic E-state index is 6.10. The zero-order valence-corrected chi connectivity index (χ0v) is 11.7. The van der Waals surface area contributed by atoms with Gasteiger partial charge >= 0.3 is 0 Å². The van der Waals surface area contributed by atoms with Gasteiger partial charge in [-0.15, -0.1) is 0 Å². The SMILES string of the molecule is Cc1ccnc(NC2CCCCC2C(C)C)c1N. The van der Waals surface area contributed by atoms with Crippen LogP contribution in [0.4, 0.5) is 11.5 Å². The molecular weight excluding hydrogens is 222 g/mol. The highest BCUT2D eigenvalue weighted by Gasteiger charge is 2.28. The number of nitrogens with zero attached hydrogens (tertiary/aromatic N) is 1. The maximum atomic E-state index is 6.10. The molecule has 1 aromatic heterocycles. The molecule has 2 rings (SSSR count). The molecule has 3 N–H and O–H groups in total. The number of aromatic nitrogens is 1. The Labute approximate surface area is 110 Å². The van der Waals surface area contributed by atoms with Crippen LogP contribution in [0.1, 0.15) is 45.1 Å². The third kappa shape index (κ3) is 2.77. The van der Waals surface area contributed by atoms with Gasteiger partial charge in [-0.1, -0.05) is 26.7 Å². The molecule has 0 radical (unpaired) electrons. The first-order valence-electron chi connectivity index (χ1n) is 7.07. The number of nitrogen functional groups attached to an aromatic ring is 1. The van der Waals surface area contributed by atoms with Crippen LogP contribution in [0.25, 0.3) is 0 Å². The van der Waals surface area contributed by atoms with E-state index in [-0.39, 0.29) is 0 Å². The summed E-state index contributed by atoms with van der Waals surface area (Å²) in [6, 6.07) is 2.48. The van der Waals surface area contributed by atoms with Crippen molar-refractivity contribution in [3.8, 4) is 0 Å². The van der Waals surface area contributed by atoms with Crippen LogP contribution in [0.15, 0.2) is 12.3 Å². The van der Waals surface area contributed by atoms with E-state index in [4.69, 9.17) is 5.73 Å². The number of aryl methyl sites for hydroxylation is 1. The number of pyridine rings is 1. The lowest BCUT2D eigenvalue weighted by Gasteiger charge is -2.35. The van der Waals surface area contributed by atoms with Gasteiger partial charge in [-0.25, -0.2) is 4.98 Å². The summed E-state index contributed by atoms with van der Waals surface area (Å²) in [5, 5.41) is 3.59. The fraction of sp³-hybridized carbons (Fsp3) is 0.667. The first kappa shape index (κ1) is 13.2. The van der Waals surface area contributed by atoms with Crippen molar-refractivity contribution < 1.29 is 0 Å². The highest BCUT2D eigenvalue weighted by Crippen LogP contribution is 2.33. The molecule has 1 aliphatic carbocycles. The largest absolute Gasteiger partial charge is 0.396 e. The van der Waals surface area contributed by atoms with E-state index in [0.29, 0.717) is 12.0 Å². The van der Waals surface area contributed by atoms with Gasteiger partial charge in [0, 0.05) is 12.2 Å². The summed E-state index contributed by atoms with van der Waals surface area (Å²) in [5.74, 6) is 2.32. The molecule has 1 fully saturated rings. The van der Waals surface area contributed by atoms with Gasteiger partial charge in [-0.2, -0.15) is 0 Å². The van der Waals surface area contributed by atoms with E-state index in [1.54, 1.807) is 0 Å². The van der Waals surface area contributed by atoms with E-state index in [2.05, 4.69) is 24.1 Å². The van der Waals surface area contributed by atoms with E-state index in [0.717, 1.165) is 23.0 Å². The molecule has 3 nitrogen and oxygen atoms in total. The average Bonchev–Trinajstić information content (AvgIpc) is 2.35. The highest BCUT2D eigenvalue weighted by atomic mass is 15.0.